The normalized spacial score (nSPS) is 23.7. The maximum absolute atomic E-state index is 13.5. The number of ether oxygens (including phenoxy) is 2. The molecule has 5 rings (SSSR count). The van der Waals surface area contributed by atoms with E-state index in [1.807, 2.05) is 11.9 Å². The summed E-state index contributed by atoms with van der Waals surface area (Å²) in [4.78, 5) is 44.6. The molecule has 0 aromatic heterocycles. The van der Waals surface area contributed by atoms with Gasteiger partial charge >= 0.3 is 0 Å². The molecule has 2 fully saturated rings. The van der Waals surface area contributed by atoms with E-state index in [1.165, 1.54) is 12.1 Å². The second kappa shape index (κ2) is 11.3. The fourth-order valence-electron chi connectivity index (χ4n) is 5.33. The molecule has 2 aromatic rings. The molecule has 0 bridgehead atoms. The van der Waals surface area contributed by atoms with Crippen LogP contribution in [0.4, 0.5) is 14.5 Å². The molecule has 11 heteroatoms. The second-order valence-corrected chi connectivity index (χ2v) is 10.4. The van der Waals surface area contributed by atoms with Crippen LogP contribution in [0, 0.1) is 11.6 Å². The molecular formula is C28H32F2N4O5. The Morgan fingerprint density at radius 2 is 1.77 bits per heavy atom. The van der Waals surface area contributed by atoms with Crippen molar-refractivity contribution in [2.24, 2.45) is 0 Å². The van der Waals surface area contributed by atoms with Crippen LogP contribution in [0.5, 0.6) is 5.75 Å². The minimum atomic E-state index is -1.12. The molecule has 0 saturated carbocycles. The van der Waals surface area contributed by atoms with E-state index in [-0.39, 0.29) is 47.8 Å². The topological polar surface area (TPSA) is 91.4 Å². The van der Waals surface area contributed by atoms with Crippen molar-refractivity contribution in [2.45, 2.75) is 37.5 Å². The molecule has 2 aromatic carbocycles. The first-order chi connectivity index (χ1) is 18.7. The van der Waals surface area contributed by atoms with Gasteiger partial charge in [0.25, 0.3) is 11.8 Å². The third-order valence-electron chi connectivity index (χ3n) is 7.71. The summed E-state index contributed by atoms with van der Waals surface area (Å²) in [5, 5.41) is 2.62. The number of likely N-dealkylation sites (N-methyl/N-ethyl adjacent to an activating group) is 2. The van der Waals surface area contributed by atoms with Crippen molar-refractivity contribution in [1.82, 2.24) is 14.7 Å². The zero-order valence-electron chi connectivity index (χ0n) is 22.0. The van der Waals surface area contributed by atoms with Crippen LogP contribution in [0.3, 0.4) is 0 Å². The highest BCUT2D eigenvalue weighted by Crippen LogP contribution is 2.33. The zero-order chi connectivity index (χ0) is 27.7. The highest BCUT2D eigenvalue weighted by atomic mass is 19.2. The molecule has 3 aliphatic rings. The molecule has 0 radical (unpaired) electrons. The van der Waals surface area contributed by atoms with E-state index in [1.54, 1.807) is 24.1 Å². The Morgan fingerprint density at radius 3 is 2.51 bits per heavy atom. The van der Waals surface area contributed by atoms with Crippen molar-refractivity contribution in [2.75, 3.05) is 52.2 Å². The maximum Gasteiger partial charge on any atom is 0.257 e. The fourth-order valence-corrected chi connectivity index (χ4v) is 5.33. The fraction of sp³-hybridized carbons (Fsp3) is 0.464. The van der Waals surface area contributed by atoms with E-state index >= 15 is 0 Å². The first-order valence-corrected chi connectivity index (χ1v) is 13.1. The summed E-state index contributed by atoms with van der Waals surface area (Å²) in [7, 11) is 3.75. The third kappa shape index (κ3) is 5.89. The predicted octanol–water partition coefficient (Wildman–Crippen LogP) is 2.76. The molecular weight excluding hydrogens is 510 g/mol. The molecule has 3 aliphatic heterocycles. The summed E-state index contributed by atoms with van der Waals surface area (Å²) in [5.41, 5.74) is 0.530. The SMILES string of the molecule is CN1CCN(C(=O)C[C@@H]2CC[C@@H]3[C@@H](COc4ccc(NC(=O)c5ccc(F)c(F)c5)cc4C(=O)N3C)O2)CC1. The third-order valence-corrected chi connectivity index (χ3v) is 7.71. The van der Waals surface area contributed by atoms with Gasteiger partial charge in [-0.05, 0) is 56.3 Å². The summed E-state index contributed by atoms with van der Waals surface area (Å²) in [6.07, 6.45) is 0.994. The molecule has 39 heavy (non-hydrogen) atoms. The monoisotopic (exact) mass is 542 g/mol. The van der Waals surface area contributed by atoms with Gasteiger partial charge in [0, 0.05) is 44.5 Å². The standard InChI is InChI=1S/C28H32F2N4O5/c1-32-9-11-34(12-10-32)26(35)15-19-5-7-23-25(39-19)16-38-24-8-4-18(14-20(24)28(37)33(23)2)31-27(36)17-3-6-21(29)22(30)13-17/h3-4,6,8,13-14,19,23,25H,5,7,9-12,15-16H2,1-2H3,(H,31,36)/t19-,23+,25+/m0/s1. The lowest BCUT2D eigenvalue weighted by molar-refractivity contribution is -0.144. The number of fused-ring (bicyclic) bond motifs is 2. The van der Waals surface area contributed by atoms with Crippen molar-refractivity contribution < 1.29 is 32.6 Å². The predicted molar refractivity (Wildman–Crippen MR) is 139 cm³/mol. The van der Waals surface area contributed by atoms with Crippen LogP contribution in [-0.4, -0.2) is 97.6 Å². The summed E-state index contributed by atoms with van der Waals surface area (Å²) >= 11 is 0. The molecule has 0 unspecified atom stereocenters. The molecule has 0 spiro atoms. The lowest BCUT2D eigenvalue weighted by atomic mass is 9.94. The smallest absolute Gasteiger partial charge is 0.257 e. The highest BCUT2D eigenvalue weighted by Gasteiger charge is 2.39. The number of benzene rings is 2. The van der Waals surface area contributed by atoms with Gasteiger partial charge in [-0.2, -0.15) is 0 Å². The summed E-state index contributed by atoms with van der Waals surface area (Å²) < 4.78 is 39.1. The lowest BCUT2D eigenvalue weighted by Crippen LogP contribution is -2.54. The number of piperazine rings is 1. The largest absolute Gasteiger partial charge is 0.490 e. The van der Waals surface area contributed by atoms with Gasteiger partial charge in [0.1, 0.15) is 18.5 Å². The first-order valence-electron chi connectivity index (χ1n) is 13.1. The van der Waals surface area contributed by atoms with Crippen molar-refractivity contribution in [3.8, 4) is 5.75 Å². The van der Waals surface area contributed by atoms with Crippen LogP contribution < -0.4 is 10.1 Å². The Kier molecular flexibility index (Phi) is 7.81. The van der Waals surface area contributed by atoms with Crippen molar-refractivity contribution in [1.29, 1.82) is 0 Å². The van der Waals surface area contributed by atoms with E-state index < -0.39 is 17.5 Å². The Labute approximate surface area is 225 Å². The summed E-state index contributed by atoms with van der Waals surface area (Å²) in [6, 6.07) is 7.30. The number of anilines is 1. The molecule has 208 valence electrons. The van der Waals surface area contributed by atoms with E-state index in [4.69, 9.17) is 9.47 Å². The zero-order valence-corrected chi connectivity index (χ0v) is 22.0. The minimum absolute atomic E-state index is 0.0526. The van der Waals surface area contributed by atoms with Crippen molar-refractivity contribution in [3.05, 3.63) is 59.2 Å². The second-order valence-electron chi connectivity index (χ2n) is 10.4. The van der Waals surface area contributed by atoms with E-state index in [2.05, 4.69) is 10.2 Å². The molecule has 2 saturated heterocycles. The van der Waals surface area contributed by atoms with Crippen LogP contribution in [0.15, 0.2) is 36.4 Å². The van der Waals surface area contributed by atoms with Gasteiger partial charge in [-0.3, -0.25) is 14.4 Å². The number of nitrogens with zero attached hydrogens (tertiary/aromatic N) is 3. The first kappa shape index (κ1) is 27.0. The number of rotatable bonds is 4. The highest BCUT2D eigenvalue weighted by molar-refractivity contribution is 6.05. The summed E-state index contributed by atoms with van der Waals surface area (Å²) in [6.45, 7) is 3.36. The van der Waals surface area contributed by atoms with E-state index in [9.17, 15) is 23.2 Å². The van der Waals surface area contributed by atoms with E-state index in [0.717, 1.165) is 25.2 Å². The molecule has 1 N–H and O–H groups in total. The molecule has 3 amide bonds. The van der Waals surface area contributed by atoms with Gasteiger partial charge in [0.2, 0.25) is 5.91 Å². The average Bonchev–Trinajstić information content (AvgIpc) is 2.92. The minimum Gasteiger partial charge on any atom is -0.490 e. The molecule has 9 nitrogen and oxygen atoms in total. The lowest BCUT2D eigenvalue weighted by Gasteiger charge is -2.42. The van der Waals surface area contributed by atoms with Gasteiger partial charge in [-0.25, -0.2) is 8.78 Å². The average molecular weight is 543 g/mol. The number of carbonyl (C=O) groups is 3. The number of nitrogens with one attached hydrogen (secondary N) is 1. The number of amides is 3. The maximum atomic E-state index is 13.5. The Bertz CT molecular complexity index is 1270. The summed E-state index contributed by atoms with van der Waals surface area (Å²) in [5.74, 6) is -2.67. The number of carbonyl (C=O) groups excluding carboxylic acids is 3. The molecule has 0 aliphatic carbocycles. The number of halogens is 2. The van der Waals surface area contributed by atoms with Crippen LogP contribution in [0.2, 0.25) is 0 Å². The number of hydrogen-bond donors (Lipinski definition) is 1. The van der Waals surface area contributed by atoms with Gasteiger partial charge < -0.3 is 29.5 Å². The molecule has 3 atom stereocenters. The van der Waals surface area contributed by atoms with Gasteiger partial charge in [0.05, 0.1) is 24.1 Å². The quantitative estimate of drug-likeness (QED) is 0.639. The van der Waals surface area contributed by atoms with Crippen LogP contribution >= 0.6 is 0 Å². The van der Waals surface area contributed by atoms with Crippen LogP contribution in [0.1, 0.15) is 40.0 Å². The van der Waals surface area contributed by atoms with Gasteiger partial charge in [0.15, 0.2) is 11.6 Å². The van der Waals surface area contributed by atoms with Crippen molar-refractivity contribution >= 4 is 23.4 Å². The van der Waals surface area contributed by atoms with Crippen LogP contribution in [0.25, 0.3) is 0 Å². The van der Waals surface area contributed by atoms with Crippen LogP contribution in [-0.2, 0) is 9.53 Å². The number of hydrogen-bond acceptors (Lipinski definition) is 6. The van der Waals surface area contributed by atoms with Gasteiger partial charge in [-0.1, -0.05) is 0 Å². The Hall–Kier alpha value is -3.57. The Balaban J connectivity index is 1.25. The van der Waals surface area contributed by atoms with Crippen molar-refractivity contribution in [3.63, 3.8) is 0 Å². The Morgan fingerprint density at radius 1 is 1.00 bits per heavy atom. The van der Waals surface area contributed by atoms with Gasteiger partial charge in [-0.15, -0.1) is 0 Å². The van der Waals surface area contributed by atoms with E-state index in [0.29, 0.717) is 43.8 Å². The molecule has 3 heterocycles.